The Kier molecular flexibility index (Phi) is 11.4. The highest BCUT2D eigenvalue weighted by atomic mass is 19.4. The number of alkyl halides is 3. The Morgan fingerprint density at radius 2 is 0.744 bits per heavy atom. The predicted molar refractivity (Wildman–Crippen MR) is 300 cm³/mol. The van der Waals surface area contributed by atoms with Gasteiger partial charge in [-0.1, -0.05) is 103 Å². The van der Waals surface area contributed by atoms with Gasteiger partial charge < -0.3 is 9.13 Å². The van der Waals surface area contributed by atoms with E-state index in [1.807, 2.05) is 118 Å². The fourth-order valence-corrected chi connectivity index (χ4v) is 10.7. The van der Waals surface area contributed by atoms with E-state index in [-0.39, 0.29) is 33.8 Å². The summed E-state index contributed by atoms with van der Waals surface area (Å²) < 4.78 is 50.1. The van der Waals surface area contributed by atoms with E-state index in [2.05, 4.69) is 32.7 Å². The molecule has 78 heavy (non-hydrogen) atoms. The van der Waals surface area contributed by atoms with E-state index in [1.54, 1.807) is 72.8 Å². The van der Waals surface area contributed by atoms with Crippen molar-refractivity contribution >= 4 is 60.7 Å². The molecule has 0 bridgehead atoms. The van der Waals surface area contributed by atoms with Crippen molar-refractivity contribution in [3.8, 4) is 85.2 Å². The van der Waals surface area contributed by atoms with E-state index in [0.29, 0.717) is 44.6 Å². The van der Waals surface area contributed by atoms with Gasteiger partial charge in [-0.05, 0) is 153 Å². The highest BCUT2D eigenvalue weighted by Gasteiger charge is 2.35. The summed E-state index contributed by atoms with van der Waals surface area (Å²) in [5.41, 5.74) is 9.66. The van der Waals surface area contributed by atoms with Gasteiger partial charge in [0.05, 0.1) is 82.0 Å². The van der Waals surface area contributed by atoms with Crippen molar-refractivity contribution in [3.63, 3.8) is 0 Å². The van der Waals surface area contributed by atoms with Crippen LogP contribution in [0.4, 0.5) is 30.2 Å². The maximum atomic E-state index is 15.4. The molecule has 2 aromatic heterocycles. The minimum absolute atomic E-state index is 0.0398. The van der Waals surface area contributed by atoms with Crippen molar-refractivity contribution in [2.75, 3.05) is 0 Å². The lowest BCUT2D eigenvalue weighted by Gasteiger charge is -2.21. The molecule has 2 heterocycles. The summed E-state index contributed by atoms with van der Waals surface area (Å²) in [5.74, 6) is 0. The largest absolute Gasteiger partial charge is 0.415 e. The summed E-state index contributed by atoms with van der Waals surface area (Å²) in [6, 6.07) is 65.8. The van der Waals surface area contributed by atoms with Crippen LogP contribution in [0.2, 0.25) is 0 Å². The number of halogens is 3. The van der Waals surface area contributed by atoms with E-state index in [4.69, 9.17) is 19.7 Å². The third kappa shape index (κ3) is 7.99. The van der Waals surface area contributed by atoms with Crippen LogP contribution in [0, 0.1) is 53.7 Å². The van der Waals surface area contributed by atoms with Gasteiger partial charge in [-0.15, -0.1) is 0 Å². The van der Waals surface area contributed by atoms with Gasteiger partial charge in [0.15, 0.2) is 17.1 Å². The van der Waals surface area contributed by atoms with Crippen molar-refractivity contribution in [3.05, 3.63) is 257 Å². The van der Waals surface area contributed by atoms with Crippen LogP contribution in [0.15, 0.2) is 200 Å². The zero-order valence-corrected chi connectivity index (χ0v) is 40.8. The zero-order valence-electron chi connectivity index (χ0n) is 40.8. The smallest absolute Gasteiger partial charge is 0.308 e. The first kappa shape index (κ1) is 47.5. The first-order chi connectivity index (χ1) is 38.0. The molecule has 11 heteroatoms. The van der Waals surface area contributed by atoms with Crippen LogP contribution in [0.3, 0.4) is 0 Å². The third-order valence-corrected chi connectivity index (χ3v) is 14.2. The van der Waals surface area contributed by atoms with Crippen molar-refractivity contribution in [1.29, 1.82) is 15.8 Å². The second-order valence-corrected chi connectivity index (χ2v) is 18.6. The topological polar surface area (TPSA) is 94.3 Å². The summed E-state index contributed by atoms with van der Waals surface area (Å²) in [6.45, 7) is 23.7. The SMILES string of the molecule is [C-]#[N+]c1cccc(-c2ccc3c(c2)c2cc(-c4cccc([N+]#[C-])c4)ccc2n3-c2cc(-c3c([N+]#[C-])cccc3C(F)(F)F)cc(-n3c4ccc(-c5cccc(C#N)c5)cc4c4cc(-c5cccc(C#N)c5)ccc43)c2C#N)c1. The molecule has 0 radical (unpaired) electrons. The second-order valence-electron chi connectivity index (χ2n) is 18.6. The molecule has 12 aromatic rings. The van der Waals surface area contributed by atoms with Crippen LogP contribution in [0.5, 0.6) is 0 Å². The molecule has 0 unspecified atom stereocenters. The maximum Gasteiger partial charge on any atom is 0.415 e. The quantitative estimate of drug-likeness (QED) is 0.149. The Balaban J connectivity index is 1.22. The summed E-state index contributed by atoms with van der Waals surface area (Å²) in [7, 11) is 0. The maximum absolute atomic E-state index is 15.4. The number of aromatic nitrogens is 2. The zero-order chi connectivity index (χ0) is 53.8. The molecule has 0 atom stereocenters. The Morgan fingerprint density at radius 3 is 1.10 bits per heavy atom. The summed E-state index contributed by atoms with van der Waals surface area (Å²) in [4.78, 5) is 11.0. The lowest BCUT2D eigenvalue weighted by Crippen LogP contribution is -2.09. The standard InChI is InChI=1S/C67H33F3N8/c1-74-51-15-6-13-44(29-51)48-21-25-62-55(33-48)56-34-49(45-14-7-16-52(30-45)75-2)22-26-63(56)78(62)65-36-50(66-58(67(68,69)70)17-8-18-59(66)76-3)35-64(57(65)39-73)77-60-23-19-46(42-11-4-9-40(27-42)37-71)31-53(60)54-32-47(20-24-61(54)77)43-12-5-10-41(28-43)38-72/h4-36H. The highest BCUT2D eigenvalue weighted by Crippen LogP contribution is 2.48. The van der Waals surface area contributed by atoms with Crippen LogP contribution in [-0.4, -0.2) is 9.13 Å². The van der Waals surface area contributed by atoms with Gasteiger partial charge in [0, 0.05) is 21.5 Å². The van der Waals surface area contributed by atoms with Crippen LogP contribution in [0.1, 0.15) is 22.3 Å². The molecule has 0 aliphatic rings. The number of fused-ring (bicyclic) bond motifs is 6. The summed E-state index contributed by atoms with van der Waals surface area (Å²) in [6.07, 6.45) is -4.88. The molecular weight excluding hydrogens is 974 g/mol. The fourth-order valence-electron chi connectivity index (χ4n) is 10.7. The predicted octanol–water partition coefficient (Wildman–Crippen LogP) is 18.5. The van der Waals surface area contributed by atoms with Crippen LogP contribution < -0.4 is 0 Å². The molecule has 0 saturated carbocycles. The van der Waals surface area contributed by atoms with E-state index >= 15 is 13.2 Å². The van der Waals surface area contributed by atoms with E-state index in [0.717, 1.165) is 72.1 Å². The van der Waals surface area contributed by atoms with Crippen molar-refractivity contribution < 1.29 is 13.2 Å². The molecule has 0 aliphatic heterocycles. The number of nitriles is 3. The minimum Gasteiger partial charge on any atom is -0.308 e. The molecular formula is C67H33F3N8. The first-order valence-electron chi connectivity index (χ1n) is 24.3. The fraction of sp³-hybridized carbons (Fsp3) is 0.0149. The van der Waals surface area contributed by atoms with Gasteiger partial charge >= 0.3 is 6.18 Å². The summed E-state index contributed by atoms with van der Waals surface area (Å²) in [5, 5.41) is 34.4. The van der Waals surface area contributed by atoms with Crippen molar-refractivity contribution in [1.82, 2.24) is 9.13 Å². The molecule has 0 fully saturated rings. The lowest BCUT2D eigenvalue weighted by molar-refractivity contribution is -0.137. The average molecular weight is 1010 g/mol. The molecule has 0 aliphatic carbocycles. The van der Waals surface area contributed by atoms with Gasteiger partial charge in [-0.3, -0.25) is 0 Å². The third-order valence-electron chi connectivity index (χ3n) is 14.2. The molecule has 0 N–H and O–H groups in total. The van der Waals surface area contributed by atoms with Crippen molar-refractivity contribution in [2.45, 2.75) is 6.18 Å². The monoisotopic (exact) mass is 1010 g/mol. The molecule has 0 spiro atoms. The van der Waals surface area contributed by atoms with Gasteiger partial charge in [-0.2, -0.15) is 29.0 Å². The van der Waals surface area contributed by atoms with E-state index < -0.39 is 11.7 Å². The van der Waals surface area contributed by atoms with Gasteiger partial charge in [0.2, 0.25) is 0 Å². The Hall–Kier alpha value is -11.5. The molecule has 0 saturated heterocycles. The number of hydrogen-bond acceptors (Lipinski definition) is 3. The molecule has 10 aromatic carbocycles. The number of nitrogens with zero attached hydrogens (tertiary/aromatic N) is 8. The number of hydrogen-bond donors (Lipinski definition) is 0. The lowest BCUT2D eigenvalue weighted by atomic mass is 9.94. The Labute approximate surface area is 444 Å². The Bertz CT molecular complexity index is 4330. The van der Waals surface area contributed by atoms with Gasteiger partial charge in [0.1, 0.15) is 11.6 Å². The van der Waals surface area contributed by atoms with Crippen LogP contribution >= 0.6 is 0 Å². The van der Waals surface area contributed by atoms with Gasteiger partial charge in [0.25, 0.3) is 0 Å². The number of rotatable bonds is 7. The Morgan fingerprint density at radius 1 is 0.372 bits per heavy atom. The van der Waals surface area contributed by atoms with Gasteiger partial charge in [-0.25, -0.2) is 14.5 Å². The van der Waals surface area contributed by atoms with E-state index in [9.17, 15) is 15.8 Å². The average Bonchev–Trinajstić information content (AvgIpc) is 4.22. The number of benzene rings is 10. The van der Waals surface area contributed by atoms with Crippen LogP contribution in [-0.2, 0) is 6.18 Å². The normalized spacial score (nSPS) is 11.2. The van der Waals surface area contributed by atoms with Crippen molar-refractivity contribution in [2.24, 2.45) is 0 Å². The van der Waals surface area contributed by atoms with Crippen LogP contribution in [0.25, 0.3) is 125 Å². The molecule has 362 valence electrons. The van der Waals surface area contributed by atoms with E-state index in [1.165, 1.54) is 12.1 Å². The second kappa shape index (κ2) is 18.8. The minimum atomic E-state index is -4.88. The first-order valence-corrected chi connectivity index (χ1v) is 24.3. The molecule has 12 rings (SSSR count). The molecule has 8 nitrogen and oxygen atoms in total. The molecule has 0 amide bonds. The highest BCUT2D eigenvalue weighted by molar-refractivity contribution is 6.14. The summed E-state index contributed by atoms with van der Waals surface area (Å²) >= 11 is 0.